The van der Waals surface area contributed by atoms with Crippen LogP contribution in [0.15, 0.2) is 68.7 Å². The lowest BCUT2D eigenvalue weighted by Gasteiger charge is -2.11. The first-order chi connectivity index (χ1) is 12.8. The van der Waals surface area contributed by atoms with Crippen molar-refractivity contribution in [3.05, 3.63) is 70.4 Å². The average molecular weight is 380 g/mol. The van der Waals surface area contributed by atoms with Crippen molar-refractivity contribution in [3.63, 3.8) is 0 Å². The van der Waals surface area contributed by atoms with Gasteiger partial charge >= 0.3 is 0 Å². The fraction of sp³-hybridized carbons (Fsp3) is 0.143. The van der Waals surface area contributed by atoms with E-state index in [1.54, 1.807) is 42.5 Å². The second-order valence-electron chi connectivity index (χ2n) is 6.58. The van der Waals surface area contributed by atoms with Crippen molar-refractivity contribution < 1.29 is 17.6 Å². The van der Waals surface area contributed by atoms with Gasteiger partial charge in [0.05, 0.1) is 15.8 Å². The zero-order chi connectivity index (χ0) is 19.2. The predicted octanol–water partition coefficient (Wildman–Crippen LogP) is 3.61. The molecule has 6 heteroatoms. The van der Waals surface area contributed by atoms with Gasteiger partial charge in [0.1, 0.15) is 17.1 Å². The third kappa shape index (κ3) is 3.13. The number of carbonyl (C=O) groups excluding carboxylic acids is 1. The number of rotatable bonds is 3. The van der Waals surface area contributed by atoms with E-state index in [2.05, 4.69) is 0 Å². The number of allylic oxidation sites excluding steroid dienone is 2. The summed E-state index contributed by atoms with van der Waals surface area (Å²) < 4.78 is 29.4. The quantitative estimate of drug-likeness (QED) is 0.693. The number of Topliss-reactive ketones (excluding diaryl/α,β-unsaturated/α-hetero) is 1. The Morgan fingerprint density at radius 2 is 1.67 bits per heavy atom. The highest BCUT2D eigenvalue weighted by atomic mass is 32.2. The van der Waals surface area contributed by atoms with Crippen LogP contribution in [0, 0.1) is 0 Å². The van der Waals surface area contributed by atoms with Crippen LogP contribution in [0.4, 0.5) is 0 Å². The molecule has 1 heterocycles. The van der Waals surface area contributed by atoms with Gasteiger partial charge in [0.15, 0.2) is 9.84 Å². The highest BCUT2D eigenvalue weighted by molar-refractivity contribution is 7.90. The number of hydrogen-bond donors (Lipinski definition) is 0. The van der Waals surface area contributed by atoms with Gasteiger partial charge in [0, 0.05) is 24.7 Å². The fourth-order valence-corrected chi connectivity index (χ4v) is 3.91. The first kappa shape index (κ1) is 17.4. The molecule has 3 aromatic rings. The van der Waals surface area contributed by atoms with Gasteiger partial charge in [0.25, 0.3) is 0 Å². The molecular formula is C21H16O5S. The zero-order valence-electron chi connectivity index (χ0n) is 14.6. The lowest BCUT2D eigenvalue weighted by atomic mass is 9.98. The fourth-order valence-electron chi connectivity index (χ4n) is 3.27. The molecule has 5 nitrogen and oxygen atoms in total. The molecular weight excluding hydrogens is 364 g/mol. The Morgan fingerprint density at radius 3 is 2.30 bits per heavy atom. The number of ketones is 1. The topological polar surface area (TPSA) is 81.4 Å². The van der Waals surface area contributed by atoms with Gasteiger partial charge in [0.2, 0.25) is 5.43 Å². The molecule has 0 fully saturated rings. The molecule has 2 aromatic carbocycles. The first-order valence-corrected chi connectivity index (χ1v) is 10.3. The number of hydrogen-bond acceptors (Lipinski definition) is 5. The molecule has 27 heavy (non-hydrogen) atoms. The second kappa shape index (κ2) is 6.32. The lowest BCUT2D eigenvalue weighted by molar-refractivity contribution is -0.116. The van der Waals surface area contributed by atoms with Crippen molar-refractivity contribution in [2.45, 2.75) is 17.7 Å². The van der Waals surface area contributed by atoms with Crippen molar-refractivity contribution in [2.24, 2.45) is 0 Å². The standard InChI is InChI=1S/C21H16O5S/c1-27(24,25)16-10-7-13(8-11-16)21-19(14-6-9-15(22)12-14)20(23)17-4-2-3-5-18(17)26-21/h2-8,10-11H,9,12H2,1H3. The van der Waals surface area contributed by atoms with E-state index < -0.39 is 9.84 Å². The van der Waals surface area contributed by atoms with E-state index in [0.717, 1.165) is 6.26 Å². The summed E-state index contributed by atoms with van der Waals surface area (Å²) in [7, 11) is -3.33. The number of para-hydroxylation sites is 1. The van der Waals surface area contributed by atoms with Crippen LogP contribution in [0.5, 0.6) is 0 Å². The van der Waals surface area contributed by atoms with E-state index in [-0.39, 0.29) is 22.5 Å². The van der Waals surface area contributed by atoms with Gasteiger partial charge in [-0.15, -0.1) is 0 Å². The minimum absolute atomic E-state index is 0.0518. The molecule has 0 saturated heterocycles. The van der Waals surface area contributed by atoms with Crippen LogP contribution in [0.25, 0.3) is 27.9 Å². The van der Waals surface area contributed by atoms with E-state index in [0.29, 0.717) is 39.9 Å². The van der Waals surface area contributed by atoms with Gasteiger partial charge in [-0.1, -0.05) is 18.2 Å². The second-order valence-corrected chi connectivity index (χ2v) is 8.59. The smallest absolute Gasteiger partial charge is 0.200 e. The van der Waals surface area contributed by atoms with Crippen molar-refractivity contribution >= 4 is 32.2 Å². The van der Waals surface area contributed by atoms with E-state index in [1.165, 1.54) is 12.1 Å². The Balaban J connectivity index is 1.99. The maximum Gasteiger partial charge on any atom is 0.200 e. The summed E-state index contributed by atoms with van der Waals surface area (Å²) in [6.07, 6.45) is 3.39. The zero-order valence-corrected chi connectivity index (χ0v) is 15.4. The summed E-state index contributed by atoms with van der Waals surface area (Å²) >= 11 is 0. The summed E-state index contributed by atoms with van der Waals surface area (Å²) in [6.45, 7) is 0. The van der Waals surface area contributed by atoms with Crippen LogP contribution >= 0.6 is 0 Å². The first-order valence-electron chi connectivity index (χ1n) is 8.42. The van der Waals surface area contributed by atoms with Crippen molar-refractivity contribution in [3.8, 4) is 11.3 Å². The lowest BCUT2D eigenvalue weighted by Crippen LogP contribution is -2.10. The normalized spacial score (nSPS) is 14.6. The summed E-state index contributed by atoms with van der Waals surface area (Å²) in [5, 5.41) is 0.448. The summed E-state index contributed by atoms with van der Waals surface area (Å²) in [4.78, 5) is 25.1. The van der Waals surface area contributed by atoms with Gasteiger partial charge in [-0.3, -0.25) is 9.59 Å². The van der Waals surface area contributed by atoms with Gasteiger partial charge in [-0.25, -0.2) is 8.42 Å². The molecule has 0 aliphatic heterocycles. The van der Waals surface area contributed by atoms with E-state index in [1.807, 2.05) is 0 Å². The van der Waals surface area contributed by atoms with E-state index in [9.17, 15) is 18.0 Å². The molecule has 136 valence electrons. The van der Waals surface area contributed by atoms with Crippen LogP contribution in [0.1, 0.15) is 18.4 Å². The molecule has 1 aromatic heterocycles. The molecule has 0 atom stereocenters. The average Bonchev–Trinajstić information content (AvgIpc) is 3.07. The Hall–Kier alpha value is -2.99. The minimum atomic E-state index is -3.33. The van der Waals surface area contributed by atoms with Crippen molar-refractivity contribution in [1.82, 2.24) is 0 Å². The highest BCUT2D eigenvalue weighted by Gasteiger charge is 2.24. The van der Waals surface area contributed by atoms with E-state index >= 15 is 0 Å². The van der Waals surface area contributed by atoms with Gasteiger partial charge in [-0.2, -0.15) is 0 Å². The maximum atomic E-state index is 13.1. The number of fused-ring (bicyclic) bond motifs is 1. The van der Waals surface area contributed by atoms with Crippen LogP contribution in [0.2, 0.25) is 0 Å². The van der Waals surface area contributed by atoms with Crippen molar-refractivity contribution in [2.75, 3.05) is 6.26 Å². The third-order valence-corrected chi connectivity index (χ3v) is 5.76. The van der Waals surface area contributed by atoms with Crippen LogP contribution in [0.3, 0.4) is 0 Å². The molecule has 0 unspecified atom stereocenters. The molecule has 0 bridgehead atoms. The minimum Gasteiger partial charge on any atom is -0.455 e. The predicted molar refractivity (Wildman–Crippen MR) is 103 cm³/mol. The summed E-state index contributed by atoms with van der Waals surface area (Å²) in [5.41, 5.74) is 1.85. The molecule has 0 saturated carbocycles. The molecule has 1 aliphatic rings. The molecule has 1 aliphatic carbocycles. The molecule has 0 amide bonds. The summed E-state index contributed by atoms with van der Waals surface area (Å²) in [5.74, 6) is 0.399. The Kier molecular flexibility index (Phi) is 4.08. The third-order valence-electron chi connectivity index (χ3n) is 4.63. The number of benzene rings is 2. The highest BCUT2D eigenvalue weighted by Crippen LogP contribution is 2.34. The Labute approximate surface area is 155 Å². The molecule has 4 rings (SSSR count). The number of carbonyl (C=O) groups is 1. The SMILES string of the molecule is CS(=O)(=O)c1ccc(-c2oc3ccccc3c(=O)c2C2=CCC(=O)C2)cc1. The van der Waals surface area contributed by atoms with Crippen LogP contribution in [-0.4, -0.2) is 20.5 Å². The van der Waals surface area contributed by atoms with Crippen LogP contribution < -0.4 is 5.43 Å². The molecule has 0 spiro atoms. The largest absolute Gasteiger partial charge is 0.455 e. The maximum absolute atomic E-state index is 13.1. The number of sulfone groups is 1. The van der Waals surface area contributed by atoms with Crippen molar-refractivity contribution in [1.29, 1.82) is 0 Å². The summed E-state index contributed by atoms with van der Waals surface area (Å²) in [6, 6.07) is 13.1. The van der Waals surface area contributed by atoms with Gasteiger partial charge in [-0.05, 0) is 42.0 Å². The Morgan fingerprint density at radius 1 is 0.963 bits per heavy atom. The monoisotopic (exact) mass is 380 g/mol. The molecule has 0 N–H and O–H groups in total. The van der Waals surface area contributed by atoms with Crippen LogP contribution in [-0.2, 0) is 14.6 Å². The Bertz CT molecular complexity index is 1260. The van der Waals surface area contributed by atoms with Gasteiger partial charge < -0.3 is 4.42 Å². The van der Waals surface area contributed by atoms with E-state index in [4.69, 9.17) is 4.42 Å². The molecule has 0 radical (unpaired) electrons.